The molecule has 4 aliphatic heterocycles. The van der Waals surface area contributed by atoms with E-state index in [1.54, 1.807) is 38.6 Å². The van der Waals surface area contributed by atoms with Crippen molar-refractivity contribution in [2.75, 3.05) is 78.5 Å². The molecule has 0 spiro atoms. The lowest BCUT2D eigenvalue weighted by Crippen LogP contribution is -2.53. The Morgan fingerprint density at radius 3 is 2.16 bits per heavy atom. The molecule has 17 heteroatoms. The van der Waals surface area contributed by atoms with Crippen LogP contribution in [0.3, 0.4) is 0 Å². The Morgan fingerprint density at radius 1 is 0.684 bits per heavy atom. The molecule has 76 heavy (non-hydrogen) atoms. The van der Waals surface area contributed by atoms with E-state index in [0.29, 0.717) is 92.2 Å². The van der Waals surface area contributed by atoms with Crippen molar-refractivity contribution in [3.8, 4) is 0 Å². The van der Waals surface area contributed by atoms with Crippen molar-refractivity contribution in [1.82, 2.24) is 44.6 Å². The number of carbonyl (C=O) groups excluding carboxylic acids is 4. The smallest absolute Gasteiger partial charge is 0.272 e. The SMILES string of the molecule is O=C(CN1CCC(OC2CCN(C(=O)[C@@H](C3CCCCC3)n3ccc4ccc(C5CCCN(C(=O)CNC6CC6)C5)cc4c3=O)CC2)CC1)N1CCN(C(=O)c2cc(Cc3n[nH]c(=O)c4ccccc34)ccc2F)CC1. The summed E-state index contributed by atoms with van der Waals surface area (Å²) < 4.78 is 23.6. The zero-order chi connectivity index (χ0) is 52.3. The summed E-state index contributed by atoms with van der Waals surface area (Å²) in [5.41, 5.74) is 1.95. The van der Waals surface area contributed by atoms with Gasteiger partial charge in [-0.2, -0.15) is 5.10 Å². The first-order chi connectivity index (χ1) is 37.0. The number of ether oxygens (including phenoxy) is 1. The highest BCUT2D eigenvalue weighted by Gasteiger charge is 2.38. The quantitative estimate of drug-likeness (QED) is 0.134. The Labute approximate surface area is 442 Å². The number of halogens is 1. The van der Waals surface area contributed by atoms with Crippen molar-refractivity contribution in [2.24, 2.45) is 5.92 Å². The first-order valence-corrected chi connectivity index (χ1v) is 28.2. The van der Waals surface area contributed by atoms with Crippen LogP contribution in [0.5, 0.6) is 0 Å². The van der Waals surface area contributed by atoms with Crippen LogP contribution in [0, 0.1) is 11.7 Å². The maximum atomic E-state index is 15.1. The second-order valence-corrected chi connectivity index (χ2v) is 22.4. The fourth-order valence-corrected chi connectivity index (χ4v) is 12.7. The molecule has 2 aliphatic carbocycles. The number of fused-ring (bicyclic) bond motifs is 2. The largest absolute Gasteiger partial charge is 0.375 e. The van der Waals surface area contributed by atoms with E-state index >= 15 is 4.39 Å². The number of H-pyrrole nitrogens is 1. The highest BCUT2D eigenvalue weighted by atomic mass is 19.1. The minimum Gasteiger partial charge on any atom is -0.375 e. The number of pyridine rings is 1. The molecule has 2 N–H and O–H groups in total. The summed E-state index contributed by atoms with van der Waals surface area (Å²) in [6.07, 6.45) is 14.6. The maximum absolute atomic E-state index is 15.1. The number of likely N-dealkylation sites (tertiary alicyclic amines) is 3. The Hall–Kier alpha value is -6.30. The van der Waals surface area contributed by atoms with Gasteiger partial charge in [0.1, 0.15) is 11.9 Å². The summed E-state index contributed by atoms with van der Waals surface area (Å²) in [5, 5.41) is 12.8. The van der Waals surface area contributed by atoms with E-state index in [2.05, 4.69) is 26.5 Å². The van der Waals surface area contributed by atoms with Gasteiger partial charge in [-0.1, -0.05) is 55.7 Å². The number of piperidine rings is 3. The molecule has 3 aromatic carbocycles. The summed E-state index contributed by atoms with van der Waals surface area (Å²) in [4.78, 5) is 91.4. The van der Waals surface area contributed by atoms with Crippen molar-refractivity contribution in [2.45, 2.75) is 120 Å². The first-order valence-electron chi connectivity index (χ1n) is 28.2. The van der Waals surface area contributed by atoms with Crippen LogP contribution in [0.15, 0.2) is 82.5 Å². The molecule has 4 saturated heterocycles. The summed E-state index contributed by atoms with van der Waals surface area (Å²) in [6.45, 7) is 6.03. The van der Waals surface area contributed by atoms with Gasteiger partial charge in [-0.05, 0) is 117 Å². The van der Waals surface area contributed by atoms with Crippen LogP contribution >= 0.6 is 0 Å². The molecule has 2 atom stereocenters. The van der Waals surface area contributed by atoms with Crippen LogP contribution in [0.25, 0.3) is 21.5 Å². The van der Waals surface area contributed by atoms with Crippen LogP contribution in [0.2, 0.25) is 0 Å². The van der Waals surface area contributed by atoms with E-state index in [0.717, 1.165) is 114 Å². The Kier molecular flexibility index (Phi) is 15.8. The number of carbonyl (C=O) groups is 4. The zero-order valence-corrected chi connectivity index (χ0v) is 43.6. The van der Waals surface area contributed by atoms with Crippen LogP contribution in [-0.4, -0.2) is 160 Å². The van der Waals surface area contributed by atoms with Crippen molar-refractivity contribution >= 4 is 45.2 Å². The van der Waals surface area contributed by atoms with Gasteiger partial charge in [-0.25, -0.2) is 9.49 Å². The average Bonchev–Trinajstić information content (AvgIpc) is 4.30. The van der Waals surface area contributed by atoms with E-state index in [1.165, 1.54) is 6.07 Å². The Morgan fingerprint density at radius 2 is 1.41 bits per heavy atom. The van der Waals surface area contributed by atoms with Gasteiger partial charge in [0.15, 0.2) is 0 Å². The van der Waals surface area contributed by atoms with E-state index in [4.69, 9.17) is 4.74 Å². The highest BCUT2D eigenvalue weighted by Crippen LogP contribution is 2.36. The fourth-order valence-electron chi connectivity index (χ4n) is 12.7. The molecule has 1 unspecified atom stereocenters. The zero-order valence-electron chi connectivity index (χ0n) is 43.6. The molecule has 6 fully saturated rings. The molecule has 16 nitrogen and oxygen atoms in total. The van der Waals surface area contributed by atoms with Crippen LogP contribution in [-0.2, 0) is 25.5 Å². The summed E-state index contributed by atoms with van der Waals surface area (Å²) in [5.74, 6) is -0.604. The van der Waals surface area contributed by atoms with Gasteiger partial charge in [0.05, 0.1) is 41.9 Å². The average molecular weight is 1040 g/mol. The minimum atomic E-state index is -0.612. The number of piperazine rings is 1. The minimum absolute atomic E-state index is 0.0109. The molecular weight excluding hydrogens is 966 g/mol. The maximum Gasteiger partial charge on any atom is 0.272 e. The lowest BCUT2D eigenvalue weighted by Gasteiger charge is -2.40. The molecule has 6 aliphatic rings. The van der Waals surface area contributed by atoms with E-state index in [9.17, 15) is 28.8 Å². The molecule has 2 aromatic heterocycles. The van der Waals surface area contributed by atoms with Crippen LogP contribution in [0.4, 0.5) is 4.39 Å². The molecule has 0 bridgehead atoms. The number of amides is 4. The fraction of sp³-hybridized carbons (Fsp3) is 0.542. The second kappa shape index (κ2) is 23.1. The number of rotatable bonds is 14. The third-order valence-electron chi connectivity index (χ3n) is 17.3. The number of nitrogens with zero attached hydrogens (tertiary/aromatic N) is 7. The van der Waals surface area contributed by atoms with E-state index in [1.807, 2.05) is 46.3 Å². The van der Waals surface area contributed by atoms with Crippen molar-refractivity contribution in [3.05, 3.63) is 122 Å². The monoisotopic (exact) mass is 1040 g/mol. The molecule has 4 amide bonds. The summed E-state index contributed by atoms with van der Waals surface area (Å²) >= 11 is 0. The Balaban J connectivity index is 0.644. The predicted octanol–water partition coefficient (Wildman–Crippen LogP) is 6.00. The van der Waals surface area contributed by atoms with Crippen molar-refractivity contribution in [1.29, 1.82) is 0 Å². The van der Waals surface area contributed by atoms with Gasteiger partial charge in [0.25, 0.3) is 17.0 Å². The molecule has 0 radical (unpaired) electrons. The number of nitrogens with one attached hydrogen (secondary N) is 2. The van der Waals surface area contributed by atoms with Crippen LogP contribution < -0.4 is 16.4 Å². The van der Waals surface area contributed by atoms with Gasteiger partial charge in [0.2, 0.25) is 17.7 Å². The number of aromatic nitrogens is 3. The molecule has 6 heterocycles. The number of hydrogen-bond donors (Lipinski definition) is 2. The normalized spacial score (nSPS) is 21.1. The predicted molar refractivity (Wildman–Crippen MR) is 288 cm³/mol. The molecule has 5 aromatic rings. The highest BCUT2D eigenvalue weighted by molar-refractivity contribution is 5.95. The molecule has 2 saturated carbocycles. The van der Waals surface area contributed by atoms with Crippen molar-refractivity contribution < 1.29 is 28.3 Å². The number of hydrogen-bond acceptors (Lipinski definition) is 10. The Bertz CT molecular complexity index is 3060. The molecule has 402 valence electrons. The third-order valence-corrected chi connectivity index (χ3v) is 17.3. The standard InChI is InChI=1S/C59H72FN9O7/c60-51-17-12-39(34-52-47-10-4-5-11-48(47)56(72)63-62-52)33-50(51)57(73)67-31-29-65(30-32-67)54(71)38-64-24-19-45(20-25-64)76-46-21-26-66(27-22-46)59(75)55(41-7-2-1-3-8-41)69-28-18-40-13-14-42(35-49(40)58(69)74)43-9-6-23-68(37-43)53(70)36-61-44-15-16-44/h4-5,10-14,17-18,28,33,35,41,43-46,55,61H,1-3,6-9,15-16,19-27,29-32,34,36-38H2,(H,63,72)/t43?,55-/m1/s1. The number of benzene rings is 3. The first kappa shape index (κ1) is 51.8. The topological polar surface area (TPSA) is 173 Å². The summed E-state index contributed by atoms with van der Waals surface area (Å²) in [6, 6.07) is 19.7. The lowest BCUT2D eigenvalue weighted by molar-refractivity contribution is -0.141. The van der Waals surface area contributed by atoms with E-state index < -0.39 is 17.8 Å². The van der Waals surface area contributed by atoms with Crippen LogP contribution in [0.1, 0.15) is 123 Å². The van der Waals surface area contributed by atoms with Gasteiger partial charge in [-0.15, -0.1) is 0 Å². The molecular formula is C59H72FN9O7. The van der Waals surface area contributed by atoms with Gasteiger partial charge in [-0.3, -0.25) is 33.7 Å². The van der Waals surface area contributed by atoms with Gasteiger partial charge in [0, 0.05) is 101 Å². The molecule has 11 rings (SSSR count). The third kappa shape index (κ3) is 11.7. The van der Waals surface area contributed by atoms with Gasteiger partial charge < -0.3 is 34.2 Å². The van der Waals surface area contributed by atoms with E-state index in [-0.39, 0.29) is 65.0 Å². The van der Waals surface area contributed by atoms with Crippen molar-refractivity contribution in [3.63, 3.8) is 0 Å². The summed E-state index contributed by atoms with van der Waals surface area (Å²) in [7, 11) is 0. The second-order valence-electron chi connectivity index (χ2n) is 22.4. The number of aromatic amines is 1. The lowest BCUT2D eigenvalue weighted by atomic mass is 9.82. The van der Waals surface area contributed by atoms with Gasteiger partial charge >= 0.3 is 0 Å².